The summed E-state index contributed by atoms with van der Waals surface area (Å²) in [5.41, 5.74) is 2.65. The second-order valence-corrected chi connectivity index (χ2v) is 12.1. The quantitative estimate of drug-likeness (QED) is 0.255. The molecule has 1 atom stereocenters. The number of nitrogens with one attached hydrogen (secondary N) is 1. The Labute approximate surface area is 243 Å². The van der Waals surface area contributed by atoms with Gasteiger partial charge in [0.15, 0.2) is 0 Å². The Morgan fingerprint density at radius 3 is 2.27 bits per heavy atom. The van der Waals surface area contributed by atoms with E-state index in [1.54, 1.807) is 42.5 Å². The van der Waals surface area contributed by atoms with Crippen molar-refractivity contribution in [1.29, 1.82) is 0 Å². The fraction of sp³-hybridized carbons (Fsp3) is 0.355. The largest absolute Gasteiger partial charge is 0.354 e. The zero-order valence-electron chi connectivity index (χ0n) is 23.6. The predicted molar refractivity (Wildman–Crippen MR) is 161 cm³/mol. The molecule has 7 nitrogen and oxygen atoms in total. The van der Waals surface area contributed by atoms with Gasteiger partial charge in [-0.2, -0.15) is 0 Å². The van der Waals surface area contributed by atoms with Gasteiger partial charge in [-0.3, -0.25) is 13.9 Å². The van der Waals surface area contributed by atoms with Gasteiger partial charge in [-0.1, -0.05) is 80.4 Å². The molecule has 0 aromatic heterocycles. The zero-order valence-corrected chi connectivity index (χ0v) is 25.1. The van der Waals surface area contributed by atoms with E-state index in [1.807, 2.05) is 45.9 Å². The van der Waals surface area contributed by atoms with E-state index in [-0.39, 0.29) is 17.3 Å². The highest BCUT2D eigenvalue weighted by Gasteiger charge is 2.34. The molecule has 0 bridgehead atoms. The van der Waals surface area contributed by atoms with Gasteiger partial charge >= 0.3 is 0 Å². The third-order valence-electron chi connectivity index (χ3n) is 6.76. The predicted octanol–water partition coefficient (Wildman–Crippen LogP) is 5.88. The topological polar surface area (TPSA) is 86.8 Å². The van der Waals surface area contributed by atoms with E-state index >= 15 is 0 Å². The number of halogens is 1. The maximum absolute atomic E-state index is 14.1. The number of hydrogen-bond donors (Lipinski definition) is 1. The minimum absolute atomic E-state index is 0.0598. The Morgan fingerprint density at radius 1 is 0.950 bits per heavy atom. The number of unbranched alkanes of at least 4 members (excludes halogenated alkanes) is 1. The summed E-state index contributed by atoms with van der Waals surface area (Å²) >= 11 is 6.45. The van der Waals surface area contributed by atoms with E-state index in [0.717, 1.165) is 22.7 Å². The molecule has 40 heavy (non-hydrogen) atoms. The first kappa shape index (κ1) is 31.2. The molecule has 0 aliphatic carbocycles. The molecule has 9 heteroatoms. The van der Waals surface area contributed by atoms with Crippen LogP contribution in [0.25, 0.3) is 0 Å². The Balaban J connectivity index is 2.07. The highest BCUT2D eigenvalue weighted by molar-refractivity contribution is 7.92. The van der Waals surface area contributed by atoms with E-state index in [0.29, 0.717) is 34.8 Å². The minimum Gasteiger partial charge on any atom is -0.354 e. The van der Waals surface area contributed by atoms with Gasteiger partial charge in [0.25, 0.3) is 10.0 Å². The van der Waals surface area contributed by atoms with Crippen LogP contribution >= 0.6 is 11.6 Å². The van der Waals surface area contributed by atoms with E-state index in [9.17, 15) is 18.0 Å². The molecule has 2 amide bonds. The van der Waals surface area contributed by atoms with Crippen LogP contribution in [0.2, 0.25) is 5.02 Å². The van der Waals surface area contributed by atoms with Crippen molar-refractivity contribution >= 4 is 39.1 Å². The number of carbonyl (C=O) groups is 2. The van der Waals surface area contributed by atoms with Gasteiger partial charge in [-0.15, -0.1) is 0 Å². The van der Waals surface area contributed by atoms with Crippen LogP contribution < -0.4 is 9.62 Å². The molecule has 0 fully saturated rings. The number of amides is 2. The molecule has 1 N–H and O–H groups in total. The third kappa shape index (κ3) is 7.64. The monoisotopic (exact) mass is 583 g/mol. The summed E-state index contributed by atoms with van der Waals surface area (Å²) in [4.78, 5) is 28.9. The van der Waals surface area contributed by atoms with Crippen LogP contribution in [0.4, 0.5) is 5.69 Å². The van der Waals surface area contributed by atoms with Gasteiger partial charge in [0.2, 0.25) is 11.8 Å². The summed E-state index contributed by atoms with van der Waals surface area (Å²) in [6, 6.07) is 19.9. The second kappa shape index (κ2) is 14.3. The maximum atomic E-state index is 14.1. The van der Waals surface area contributed by atoms with E-state index in [1.165, 1.54) is 17.0 Å². The van der Waals surface area contributed by atoms with Crippen LogP contribution in [0.15, 0.2) is 77.7 Å². The van der Waals surface area contributed by atoms with E-state index < -0.39 is 28.5 Å². The Bertz CT molecular complexity index is 1410. The number of carbonyl (C=O) groups excluding carboxylic acids is 2. The summed E-state index contributed by atoms with van der Waals surface area (Å²) in [6.07, 6.45) is 2.08. The number of hydrogen-bond acceptors (Lipinski definition) is 4. The summed E-state index contributed by atoms with van der Waals surface area (Å²) in [5.74, 6) is -0.779. The molecular weight excluding hydrogens is 546 g/mol. The molecular formula is C31H38ClN3O4S. The van der Waals surface area contributed by atoms with E-state index in [2.05, 4.69) is 5.32 Å². The lowest BCUT2D eigenvalue weighted by Gasteiger charge is -2.33. The first-order valence-electron chi connectivity index (χ1n) is 13.6. The van der Waals surface area contributed by atoms with Gasteiger partial charge in [0.05, 0.1) is 10.6 Å². The Kier molecular flexibility index (Phi) is 11.2. The molecule has 0 aliphatic rings. The van der Waals surface area contributed by atoms with Gasteiger partial charge in [-0.25, -0.2) is 8.42 Å². The van der Waals surface area contributed by atoms with Crippen LogP contribution in [0.1, 0.15) is 49.8 Å². The Hall–Kier alpha value is -3.36. The summed E-state index contributed by atoms with van der Waals surface area (Å²) < 4.78 is 29.1. The molecule has 0 radical (unpaired) electrons. The normalized spacial score (nSPS) is 12.0. The fourth-order valence-corrected chi connectivity index (χ4v) is 6.14. The molecule has 0 unspecified atom stereocenters. The average molecular weight is 584 g/mol. The van der Waals surface area contributed by atoms with Crippen LogP contribution in [0.5, 0.6) is 0 Å². The molecule has 3 aromatic carbocycles. The smallest absolute Gasteiger partial charge is 0.264 e. The lowest BCUT2D eigenvalue weighted by atomic mass is 10.1. The van der Waals surface area contributed by atoms with E-state index in [4.69, 9.17) is 11.6 Å². The number of anilines is 1. The molecule has 214 valence electrons. The number of sulfonamides is 1. The summed E-state index contributed by atoms with van der Waals surface area (Å²) in [6.45, 7) is 7.62. The third-order valence-corrected chi connectivity index (χ3v) is 8.90. The van der Waals surface area contributed by atoms with Gasteiger partial charge < -0.3 is 10.2 Å². The van der Waals surface area contributed by atoms with Crippen molar-refractivity contribution in [2.45, 2.75) is 64.4 Å². The summed E-state index contributed by atoms with van der Waals surface area (Å²) in [7, 11) is -4.11. The van der Waals surface area contributed by atoms with Crippen LogP contribution in [-0.4, -0.2) is 44.3 Å². The average Bonchev–Trinajstić information content (AvgIpc) is 2.94. The zero-order chi connectivity index (χ0) is 29.3. The van der Waals surface area contributed by atoms with Crippen molar-refractivity contribution in [3.63, 3.8) is 0 Å². The van der Waals surface area contributed by atoms with Crippen LogP contribution in [-0.2, 0) is 26.2 Å². The SMILES string of the molecule is CCCCNC(=O)[C@H](CC)N(Cc1ccccc1Cl)C(=O)CN(c1cc(C)ccc1C)S(=O)(=O)c1ccccc1. The van der Waals surface area contributed by atoms with Crippen molar-refractivity contribution in [2.24, 2.45) is 0 Å². The van der Waals surface area contributed by atoms with Crippen LogP contribution in [0, 0.1) is 13.8 Å². The minimum atomic E-state index is -4.11. The van der Waals surface area contributed by atoms with Crippen molar-refractivity contribution in [3.8, 4) is 0 Å². The van der Waals surface area contributed by atoms with Crippen molar-refractivity contribution in [3.05, 3.63) is 94.5 Å². The maximum Gasteiger partial charge on any atom is 0.264 e. The number of aryl methyl sites for hydroxylation is 2. The number of rotatable bonds is 13. The second-order valence-electron chi connectivity index (χ2n) is 9.80. The van der Waals surface area contributed by atoms with Gasteiger partial charge in [-0.05, 0) is 67.6 Å². The molecule has 3 aromatic rings. The van der Waals surface area contributed by atoms with Gasteiger partial charge in [0.1, 0.15) is 12.6 Å². The fourth-order valence-electron chi connectivity index (χ4n) is 4.46. The number of nitrogens with zero attached hydrogens (tertiary/aromatic N) is 2. The highest BCUT2D eigenvalue weighted by atomic mass is 35.5. The highest BCUT2D eigenvalue weighted by Crippen LogP contribution is 2.29. The molecule has 0 saturated carbocycles. The van der Waals surface area contributed by atoms with Gasteiger partial charge in [0, 0.05) is 18.1 Å². The first-order chi connectivity index (χ1) is 19.1. The number of benzene rings is 3. The molecule has 0 saturated heterocycles. The lowest BCUT2D eigenvalue weighted by Crippen LogP contribution is -2.52. The summed E-state index contributed by atoms with van der Waals surface area (Å²) in [5, 5.41) is 3.39. The molecule has 0 heterocycles. The van der Waals surface area contributed by atoms with Crippen molar-refractivity contribution in [1.82, 2.24) is 10.2 Å². The van der Waals surface area contributed by atoms with Crippen molar-refractivity contribution in [2.75, 3.05) is 17.4 Å². The standard InChI is InChI=1S/C31H38ClN3O4S/c1-5-7-19-33-31(37)28(6-2)34(21-25-13-11-12-16-27(25)32)30(36)22-35(29-20-23(3)17-18-24(29)4)40(38,39)26-14-9-8-10-15-26/h8-18,20,28H,5-7,19,21-22H2,1-4H3,(H,33,37)/t28-/m0/s1. The Morgan fingerprint density at radius 2 is 1.62 bits per heavy atom. The molecule has 3 rings (SSSR count). The van der Waals surface area contributed by atoms with Crippen molar-refractivity contribution < 1.29 is 18.0 Å². The van der Waals surface area contributed by atoms with Crippen LogP contribution in [0.3, 0.4) is 0 Å². The molecule has 0 spiro atoms. The lowest BCUT2D eigenvalue weighted by molar-refractivity contribution is -0.140. The first-order valence-corrected chi connectivity index (χ1v) is 15.4. The molecule has 0 aliphatic heterocycles.